The van der Waals surface area contributed by atoms with Gasteiger partial charge in [0.05, 0.1) is 11.0 Å². The monoisotopic (exact) mass is 282 g/mol. The maximum Gasteiger partial charge on any atom is 0.236 e. The van der Waals surface area contributed by atoms with Crippen LogP contribution in [0.4, 0.5) is 5.82 Å². The first-order valence-corrected chi connectivity index (χ1v) is 7.54. The fourth-order valence-corrected chi connectivity index (χ4v) is 3.11. The van der Waals surface area contributed by atoms with Crippen molar-refractivity contribution >= 4 is 22.6 Å². The summed E-state index contributed by atoms with van der Waals surface area (Å²) in [5.41, 5.74) is 2.05. The molecule has 2 aromatic heterocycles. The summed E-state index contributed by atoms with van der Waals surface area (Å²) in [6, 6.07) is 10.1. The van der Waals surface area contributed by atoms with Crippen molar-refractivity contribution in [2.75, 3.05) is 18.0 Å². The van der Waals surface area contributed by atoms with Gasteiger partial charge in [-0.15, -0.1) is 0 Å². The first-order valence-electron chi connectivity index (χ1n) is 8.69. The molecule has 0 saturated carbocycles. The van der Waals surface area contributed by atoms with E-state index in [0.29, 0.717) is 12.3 Å². The van der Waals surface area contributed by atoms with Crippen LogP contribution in [0.1, 0.15) is 28.9 Å². The fourth-order valence-electron chi connectivity index (χ4n) is 3.11. The van der Waals surface area contributed by atoms with Crippen molar-refractivity contribution in [2.24, 2.45) is 5.92 Å². The zero-order valence-corrected chi connectivity index (χ0v) is 11.9. The molecule has 4 heteroatoms. The van der Waals surface area contributed by atoms with Gasteiger partial charge in [-0.05, 0) is 37.0 Å². The Kier molecular flexibility index (Phi) is 2.54. The average molecular weight is 282 g/mol. The number of anilines is 1. The zero-order valence-electron chi connectivity index (χ0n) is 13.9. The molecule has 0 amide bonds. The molecule has 108 valence electrons. The maximum absolute atomic E-state index is 7.40. The summed E-state index contributed by atoms with van der Waals surface area (Å²) < 4.78 is 16.8. The number of fused-ring (bicyclic) bond motifs is 3. The van der Waals surface area contributed by atoms with Crippen LogP contribution in [-0.2, 0) is 0 Å². The second kappa shape index (κ2) is 5.02. The normalized spacial score (nSPS) is 18.4. The highest BCUT2D eigenvalue weighted by molar-refractivity contribution is 5.79. The number of imidazole rings is 1. The smallest absolute Gasteiger partial charge is 0.236 e. The second-order valence-corrected chi connectivity index (χ2v) is 5.72. The molecule has 0 bridgehead atoms. The van der Waals surface area contributed by atoms with E-state index in [1.54, 1.807) is 0 Å². The standard InChI is InChI=1S/C17H20N4/c1-2-13-7-10-20(11-8-13)16-9-12-21-15-6-4-3-5-14(15)18-17(21)19-16/h3-6,9,12-13H,2,7-8,10-11H2,1H3/i1D2. The summed E-state index contributed by atoms with van der Waals surface area (Å²) in [6.45, 7) is 1.19. The fraction of sp³-hybridized carbons (Fsp3) is 0.412. The lowest BCUT2D eigenvalue weighted by molar-refractivity contribution is 0.394. The van der Waals surface area contributed by atoms with Gasteiger partial charge in [0.25, 0.3) is 0 Å². The molecule has 0 N–H and O–H groups in total. The van der Waals surface area contributed by atoms with Crippen molar-refractivity contribution in [3.05, 3.63) is 36.5 Å². The van der Waals surface area contributed by atoms with Crippen LogP contribution in [0.15, 0.2) is 36.5 Å². The van der Waals surface area contributed by atoms with E-state index < -0.39 is 6.88 Å². The molecule has 0 unspecified atom stereocenters. The Morgan fingerprint density at radius 2 is 2.05 bits per heavy atom. The molecule has 1 aliphatic rings. The number of rotatable bonds is 2. The van der Waals surface area contributed by atoms with E-state index in [9.17, 15) is 0 Å². The molecule has 0 spiro atoms. The van der Waals surface area contributed by atoms with Gasteiger partial charge < -0.3 is 4.90 Å². The number of hydrogen-bond donors (Lipinski definition) is 0. The van der Waals surface area contributed by atoms with Gasteiger partial charge in [0.2, 0.25) is 5.78 Å². The molecule has 1 aliphatic heterocycles. The lowest BCUT2D eigenvalue weighted by Crippen LogP contribution is -2.34. The molecule has 1 saturated heterocycles. The molecule has 4 rings (SSSR count). The van der Waals surface area contributed by atoms with Crippen molar-refractivity contribution in [3.63, 3.8) is 0 Å². The highest BCUT2D eigenvalue weighted by atomic mass is 15.2. The lowest BCUT2D eigenvalue weighted by Gasteiger charge is -2.32. The summed E-state index contributed by atoms with van der Waals surface area (Å²) in [5.74, 6) is 2.21. The van der Waals surface area contributed by atoms with Crippen LogP contribution in [0.5, 0.6) is 0 Å². The van der Waals surface area contributed by atoms with Gasteiger partial charge >= 0.3 is 0 Å². The zero-order chi connectivity index (χ0) is 15.8. The molecular weight excluding hydrogens is 260 g/mol. The quantitative estimate of drug-likeness (QED) is 0.721. The van der Waals surface area contributed by atoms with Gasteiger partial charge in [0, 0.05) is 22.0 Å². The van der Waals surface area contributed by atoms with Gasteiger partial charge in [0.15, 0.2) is 0 Å². The summed E-state index contributed by atoms with van der Waals surface area (Å²) >= 11 is 0. The summed E-state index contributed by atoms with van der Waals surface area (Å²) in [5, 5.41) is 0. The SMILES string of the molecule is [2H]C([2H])CC1CCN(c2ccn3c(n2)nc2ccccc23)CC1. The predicted octanol–water partition coefficient (Wildman–Crippen LogP) is 3.51. The first kappa shape index (κ1) is 10.6. The largest absolute Gasteiger partial charge is 0.356 e. The third-order valence-electron chi connectivity index (χ3n) is 4.44. The number of aromatic nitrogens is 3. The minimum atomic E-state index is -0.696. The Hall–Kier alpha value is -2.10. The highest BCUT2D eigenvalue weighted by Crippen LogP contribution is 2.24. The molecular formula is C17H20N4. The molecule has 21 heavy (non-hydrogen) atoms. The van der Waals surface area contributed by atoms with Crippen LogP contribution in [0, 0.1) is 5.92 Å². The van der Waals surface area contributed by atoms with E-state index in [1.165, 1.54) is 0 Å². The van der Waals surface area contributed by atoms with E-state index in [4.69, 9.17) is 7.73 Å². The molecule has 0 aliphatic carbocycles. The third-order valence-corrected chi connectivity index (χ3v) is 4.44. The van der Waals surface area contributed by atoms with Crippen LogP contribution in [0.2, 0.25) is 0 Å². The van der Waals surface area contributed by atoms with Gasteiger partial charge in [-0.1, -0.05) is 25.4 Å². The van der Waals surface area contributed by atoms with E-state index >= 15 is 0 Å². The third kappa shape index (κ3) is 2.15. The molecule has 1 fully saturated rings. The predicted molar refractivity (Wildman–Crippen MR) is 85.7 cm³/mol. The first-order chi connectivity index (χ1) is 11.2. The van der Waals surface area contributed by atoms with Crippen LogP contribution in [0.3, 0.4) is 0 Å². The van der Waals surface area contributed by atoms with Crippen LogP contribution in [0.25, 0.3) is 16.8 Å². The average Bonchev–Trinajstić information content (AvgIpc) is 2.92. The highest BCUT2D eigenvalue weighted by Gasteiger charge is 2.19. The molecule has 4 nitrogen and oxygen atoms in total. The number of benzene rings is 1. The Balaban J connectivity index is 1.57. The molecule has 3 heterocycles. The van der Waals surface area contributed by atoms with Gasteiger partial charge in [-0.2, -0.15) is 4.98 Å². The van der Waals surface area contributed by atoms with E-state index in [-0.39, 0.29) is 0 Å². The Labute approximate surface area is 127 Å². The van der Waals surface area contributed by atoms with E-state index in [0.717, 1.165) is 48.6 Å². The number of piperidine rings is 1. The minimum Gasteiger partial charge on any atom is -0.356 e. The lowest BCUT2D eigenvalue weighted by atomic mass is 9.94. The van der Waals surface area contributed by atoms with Crippen LogP contribution < -0.4 is 4.90 Å². The summed E-state index contributed by atoms with van der Waals surface area (Å²) in [6.07, 6.45) is 4.81. The summed E-state index contributed by atoms with van der Waals surface area (Å²) in [7, 11) is 0. The van der Waals surface area contributed by atoms with Gasteiger partial charge in [0.1, 0.15) is 5.82 Å². The molecule has 0 radical (unpaired) electrons. The number of nitrogens with zero attached hydrogens (tertiary/aromatic N) is 4. The van der Waals surface area contributed by atoms with Crippen molar-refractivity contribution in [1.82, 2.24) is 14.4 Å². The second-order valence-electron chi connectivity index (χ2n) is 5.72. The van der Waals surface area contributed by atoms with Crippen LogP contribution >= 0.6 is 0 Å². The van der Waals surface area contributed by atoms with Gasteiger partial charge in [-0.3, -0.25) is 4.40 Å². The summed E-state index contributed by atoms with van der Waals surface area (Å²) in [4.78, 5) is 11.6. The van der Waals surface area contributed by atoms with Crippen molar-refractivity contribution in [1.29, 1.82) is 0 Å². The molecule has 3 aromatic rings. The van der Waals surface area contributed by atoms with E-state index in [1.807, 2.05) is 28.8 Å². The number of para-hydroxylation sites is 2. The van der Waals surface area contributed by atoms with Crippen molar-refractivity contribution in [2.45, 2.75) is 26.1 Å². The molecule has 0 atom stereocenters. The van der Waals surface area contributed by atoms with E-state index in [2.05, 4.69) is 22.0 Å². The minimum absolute atomic E-state index is 0.504. The van der Waals surface area contributed by atoms with Crippen LogP contribution in [-0.4, -0.2) is 27.5 Å². The topological polar surface area (TPSA) is 33.4 Å². The van der Waals surface area contributed by atoms with Gasteiger partial charge in [-0.25, -0.2) is 4.98 Å². The Morgan fingerprint density at radius 1 is 1.19 bits per heavy atom. The Bertz CT molecular complexity index is 822. The maximum atomic E-state index is 7.40. The Morgan fingerprint density at radius 3 is 2.90 bits per heavy atom. The molecule has 1 aromatic carbocycles. The van der Waals surface area contributed by atoms with Crippen molar-refractivity contribution in [3.8, 4) is 0 Å². The number of hydrogen-bond acceptors (Lipinski definition) is 3. The van der Waals surface area contributed by atoms with Crippen molar-refractivity contribution < 1.29 is 2.74 Å².